The van der Waals surface area contributed by atoms with E-state index in [0.717, 1.165) is 32.1 Å². The van der Waals surface area contributed by atoms with Crippen LogP contribution in [0.2, 0.25) is 0 Å². The highest BCUT2D eigenvalue weighted by Gasteiger charge is 2.35. The fraction of sp³-hybridized carbons (Fsp3) is 0.588. The second-order valence-electron chi connectivity index (χ2n) is 5.86. The smallest absolute Gasteiger partial charge is 0.239 e. The summed E-state index contributed by atoms with van der Waals surface area (Å²) in [5.74, 6) is 0.137. The molecule has 1 fully saturated rings. The van der Waals surface area contributed by atoms with Gasteiger partial charge in [0.05, 0.1) is 6.04 Å². The fourth-order valence-corrected chi connectivity index (χ4v) is 3.15. The zero-order valence-electron chi connectivity index (χ0n) is 12.6. The normalized spacial score (nSPS) is 23.9. The van der Waals surface area contributed by atoms with Crippen molar-refractivity contribution in [2.45, 2.75) is 64.1 Å². The minimum absolute atomic E-state index is 0.137. The van der Waals surface area contributed by atoms with Crippen molar-refractivity contribution >= 4 is 5.91 Å². The third kappa shape index (κ3) is 3.40. The molecule has 1 aromatic carbocycles. The van der Waals surface area contributed by atoms with Crippen LogP contribution in [0.25, 0.3) is 0 Å². The first-order valence-electron chi connectivity index (χ1n) is 7.75. The second kappa shape index (κ2) is 6.89. The third-order valence-corrected chi connectivity index (χ3v) is 4.42. The van der Waals surface area contributed by atoms with E-state index in [4.69, 9.17) is 5.73 Å². The maximum Gasteiger partial charge on any atom is 0.239 e. The van der Waals surface area contributed by atoms with Gasteiger partial charge in [0.1, 0.15) is 0 Å². The van der Waals surface area contributed by atoms with Crippen LogP contribution in [-0.2, 0) is 11.2 Å². The van der Waals surface area contributed by atoms with Crippen LogP contribution < -0.4 is 5.73 Å². The highest BCUT2D eigenvalue weighted by molar-refractivity contribution is 5.82. The molecule has 1 saturated heterocycles. The van der Waals surface area contributed by atoms with E-state index in [1.54, 1.807) is 0 Å². The summed E-state index contributed by atoms with van der Waals surface area (Å²) in [7, 11) is 0. The van der Waals surface area contributed by atoms with Gasteiger partial charge in [-0.3, -0.25) is 4.79 Å². The Morgan fingerprint density at radius 3 is 2.70 bits per heavy atom. The van der Waals surface area contributed by atoms with E-state index in [1.165, 1.54) is 5.56 Å². The molecule has 0 spiro atoms. The molecule has 2 unspecified atom stereocenters. The number of benzene rings is 1. The Kier molecular flexibility index (Phi) is 5.18. The number of nitrogens with zero attached hydrogens (tertiary/aromatic N) is 1. The molecular formula is C17H26N2O. The van der Waals surface area contributed by atoms with Gasteiger partial charge in [0, 0.05) is 12.1 Å². The van der Waals surface area contributed by atoms with Crippen LogP contribution in [0.15, 0.2) is 30.3 Å². The van der Waals surface area contributed by atoms with Gasteiger partial charge in [-0.2, -0.15) is 0 Å². The summed E-state index contributed by atoms with van der Waals surface area (Å²) >= 11 is 0. The molecule has 0 aliphatic carbocycles. The summed E-state index contributed by atoms with van der Waals surface area (Å²) in [6.07, 6.45) is 4.85. The molecule has 20 heavy (non-hydrogen) atoms. The summed E-state index contributed by atoms with van der Waals surface area (Å²) in [5, 5.41) is 0. The van der Waals surface area contributed by atoms with Gasteiger partial charge in [-0.05, 0) is 44.6 Å². The van der Waals surface area contributed by atoms with Crippen LogP contribution in [-0.4, -0.2) is 28.9 Å². The highest BCUT2D eigenvalue weighted by atomic mass is 16.2. The molecule has 3 nitrogen and oxygen atoms in total. The Balaban J connectivity index is 1.91. The summed E-state index contributed by atoms with van der Waals surface area (Å²) in [6.45, 7) is 4.29. The zero-order valence-corrected chi connectivity index (χ0v) is 12.6. The molecule has 110 valence electrons. The van der Waals surface area contributed by atoms with Crippen molar-refractivity contribution in [3.05, 3.63) is 35.9 Å². The predicted molar refractivity (Wildman–Crippen MR) is 82.4 cm³/mol. The highest BCUT2D eigenvalue weighted by Crippen LogP contribution is 2.26. The Hall–Kier alpha value is -1.35. The molecule has 1 aliphatic heterocycles. The number of hydrogen-bond acceptors (Lipinski definition) is 2. The molecule has 2 N–H and O–H groups in total. The Bertz CT molecular complexity index is 432. The lowest BCUT2D eigenvalue weighted by atomic mass is 10.0. The van der Waals surface area contributed by atoms with Crippen molar-refractivity contribution in [1.29, 1.82) is 0 Å². The SMILES string of the molecule is CCC1CCC(C)N1C(=O)[C@@H](N)CCc1ccccc1. The second-order valence-corrected chi connectivity index (χ2v) is 5.86. The standard InChI is InChI=1S/C17H26N2O/c1-3-15-11-9-13(2)19(15)17(20)16(18)12-10-14-7-5-4-6-8-14/h4-8,13,15-16H,3,9-12,18H2,1-2H3/t13?,15?,16-/m0/s1. The van der Waals surface area contributed by atoms with Crippen LogP contribution in [0.1, 0.15) is 45.1 Å². The summed E-state index contributed by atoms with van der Waals surface area (Å²) < 4.78 is 0. The lowest BCUT2D eigenvalue weighted by Crippen LogP contribution is -2.48. The first-order chi connectivity index (χ1) is 9.63. The van der Waals surface area contributed by atoms with Crippen LogP contribution in [0, 0.1) is 0 Å². The molecule has 2 rings (SSSR count). The molecule has 1 aromatic rings. The Morgan fingerprint density at radius 2 is 2.05 bits per heavy atom. The fourth-order valence-electron chi connectivity index (χ4n) is 3.15. The minimum atomic E-state index is -0.371. The molecule has 0 aromatic heterocycles. The molecule has 1 aliphatic rings. The predicted octanol–water partition coefficient (Wildman–Crippen LogP) is 2.74. The van der Waals surface area contributed by atoms with Gasteiger partial charge in [-0.1, -0.05) is 37.3 Å². The van der Waals surface area contributed by atoms with E-state index in [0.29, 0.717) is 12.1 Å². The van der Waals surface area contributed by atoms with Gasteiger partial charge >= 0.3 is 0 Å². The molecule has 1 heterocycles. The first-order valence-corrected chi connectivity index (χ1v) is 7.75. The average molecular weight is 274 g/mol. The van der Waals surface area contributed by atoms with Crippen molar-refractivity contribution in [2.75, 3.05) is 0 Å². The zero-order chi connectivity index (χ0) is 14.5. The summed E-state index contributed by atoms with van der Waals surface area (Å²) in [5.41, 5.74) is 7.38. The maximum atomic E-state index is 12.5. The first kappa shape index (κ1) is 15.0. The summed E-state index contributed by atoms with van der Waals surface area (Å²) in [4.78, 5) is 14.6. The maximum absolute atomic E-state index is 12.5. The molecule has 3 atom stereocenters. The largest absolute Gasteiger partial charge is 0.336 e. The van der Waals surface area contributed by atoms with Crippen LogP contribution >= 0.6 is 0 Å². The molecule has 1 amide bonds. The van der Waals surface area contributed by atoms with Crippen LogP contribution in [0.5, 0.6) is 0 Å². The number of nitrogens with two attached hydrogens (primary N) is 1. The quantitative estimate of drug-likeness (QED) is 0.897. The van der Waals surface area contributed by atoms with E-state index in [2.05, 4.69) is 26.0 Å². The number of hydrogen-bond donors (Lipinski definition) is 1. The van der Waals surface area contributed by atoms with E-state index >= 15 is 0 Å². The topological polar surface area (TPSA) is 46.3 Å². The van der Waals surface area contributed by atoms with Crippen LogP contribution in [0.3, 0.4) is 0 Å². The van der Waals surface area contributed by atoms with Gasteiger partial charge in [0.25, 0.3) is 0 Å². The summed E-state index contributed by atoms with van der Waals surface area (Å²) in [6, 6.07) is 10.6. The number of carbonyl (C=O) groups excluding carboxylic acids is 1. The lowest BCUT2D eigenvalue weighted by molar-refractivity contribution is -0.135. The molecule has 0 saturated carbocycles. The van der Waals surface area contributed by atoms with Crippen molar-refractivity contribution in [1.82, 2.24) is 4.90 Å². The van der Waals surface area contributed by atoms with Gasteiger partial charge in [0.15, 0.2) is 0 Å². The number of carbonyl (C=O) groups is 1. The molecule has 0 radical (unpaired) electrons. The van der Waals surface area contributed by atoms with E-state index < -0.39 is 0 Å². The average Bonchev–Trinajstić information content (AvgIpc) is 2.86. The van der Waals surface area contributed by atoms with Crippen LogP contribution in [0.4, 0.5) is 0 Å². The molecule has 3 heteroatoms. The van der Waals surface area contributed by atoms with E-state index in [9.17, 15) is 4.79 Å². The third-order valence-electron chi connectivity index (χ3n) is 4.42. The van der Waals surface area contributed by atoms with E-state index in [-0.39, 0.29) is 11.9 Å². The van der Waals surface area contributed by atoms with Crippen molar-refractivity contribution in [3.63, 3.8) is 0 Å². The van der Waals surface area contributed by atoms with Crippen molar-refractivity contribution < 1.29 is 4.79 Å². The van der Waals surface area contributed by atoms with Crippen molar-refractivity contribution in [3.8, 4) is 0 Å². The lowest BCUT2D eigenvalue weighted by Gasteiger charge is -2.30. The van der Waals surface area contributed by atoms with Gasteiger partial charge in [-0.15, -0.1) is 0 Å². The van der Waals surface area contributed by atoms with Gasteiger partial charge < -0.3 is 10.6 Å². The van der Waals surface area contributed by atoms with Crippen molar-refractivity contribution in [2.24, 2.45) is 5.73 Å². The molecule has 0 bridgehead atoms. The minimum Gasteiger partial charge on any atom is -0.336 e. The Morgan fingerprint density at radius 1 is 1.35 bits per heavy atom. The van der Waals surface area contributed by atoms with E-state index in [1.807, 2.05) is 23.1 Å². The Labute approximate surface area is 122 Å². The number of amides is 1. The molecular weight excluding hydrogens is 248 g/mol. The van der Waals surface area contributed by atoms with Gasteiger partial charge in [-0.25, -0.2) is 0 Å². The van der Waals surface area contributed by atoms with Gasteiger partial charge in [0.2, 0.25) is 5.91 Å². The number of rotatable bonds is 5. The number of aryl methyl sites for hydroxylation is 1. The number of likely N-dealkylation sites (tertiary alicyclic amines) is 1. The monoisotopic (exact) mass is 274 g/mol.